The molecule has 0 saturated heterocycles. The van der Waals surface area contributed by atoms with Crippen LogP contribution in [-0.4, -0.2) is 28.5 Å². The molecule has 0 spiro atoms. The average molecular weight is 236 g/mol. The molecule has 0 fully saturated rings. The number of anilines is 1. The zero-order valence-corrected chi connectivity index (χ0v) is 10.9. The molecule has 0 saturated carbocycles. The second-order valence-electron chi connectivity index (χ2n) is 4.10. The molecular weight excluding hydrogens is 216 g/mol. The van der Waals surface area contributed by atoms with Gasteiger partial charge in [-0.25, -0.2) is 4.98 Å². The zero-order chi connectivity index (χ0) is 12.8. The fraction of sp³-hybridized carbons (Fsp3) is 0.583. The number of nitrogens with one attached hydrogen (secondary N) is 2. The number of hydrogen-bond acceptors (Lipinski definition) is 4. The first-order valence-electron chi connectivity index (χ1n) is 5.89. The van der Waals surface area contributed by atoms with Crippen LogP contribution < -0.4 is 10.6 Å². The summed E-state index contributed by atoms with van der Waals surface area (Å²) in [5.74, 6) is 0.652. The van der Waals surface area contributed by atoms with E-state index < -0.39 is 0 Å². The summed E-state index contributed by atoms with van der Waals surface area (Å²) < 4.78 is 0. The summed E-state index contributed by atoms with van der Waals surface area (Å²) in [4.78, 5) is 20.2. The van der Waals surface area contributed by atoms with Crippen molar-refractivity contribution in [3.8, 4) is 0 Å². The van der Waals surface area contributed by atoms with E-state index >= 15 is 0 Å². The van der Waals surface area contributed by atoms with Crippen LogP contribution in [0.15, 0.2) is 6.20 Å². The highest BCUT2D eigenvalue weighted by Crippen LogP contribution is 2.09. The third kappa shape index (κ3) is 4.01. The van der Waals surface area contributed by atoms with E-state index in [-0.39, 0.29) is 11.9 Å². The lowest BCUT2D eigenvalue weighted by Gasteiger charge is -2.15. The molecule has 0 aliphatic rings. The first-order valence-corrected chi connectivity index (χ1v) is 5.89. The van der Waals surface area contributed by atoms with Crippen molar-refractivity contribution in [3.05, 3.63) is 17.6 Å². The van der Waals surface area contributed by atoms with E-state index in [9.17, 15) is 4.79 Å². The van der Waals surface area contributed by atoms with Gasteiger partial charge in [0.05, 0.1) is 11.4 Å². The van der Waals surface area contributed by atoms with Crippen LogP contribution in [0.25, 0.3) is 0 Å². The van der Waals surface area contributed by atoms with Gasteiger partial charge >= 0.3 is 0 Å². The van der Waals surface area contributed by atoms with Gasteiger partial charge in [-0.2, -0.15) is 0 Å². The summed E-state index contributed by atoms with van der Waals surface area (Å²) in [6, 6.07) is -0.309. The Balaban J connectivity index is 2.64. The van der Waals surface area contributed by atoms with Crippen molar-refractivity contribution in [1.82, 2.24) is 15.3 Å². The summed E-state index contributed by atoms with van der Waals surface area (Å²) in [5, 5.41) is 5.91. The van der Waals surface area contributed by atoms with Gasteiger partial charge in [0.15, 0.2) is 0 Å². The van der Waals surface area contributed by atoms with Gasteiger partial charge in [0.25, 0.3) is 0 Å². The highest BCUT2D eigenvalue weighted by atomic mass is 16.2. The Bertz CT molecular complexity index is 392. The Morgan fingerprint density at radius 2 is 2.18 bits per heavy atom. The molecule has 17 heavy (non-hydrogen) atoms. The van der Waals surface area contributed by atoms with Crippen LogP contribution >= 0.6 is 0 Å². The molecule has 5 heteroatoms. The molecular formula is C12H20N4O. The maximum atomic E-state index is 11.7. The predicted octanol–water partition coefficient (Wildman–Crippen LogP) is 1.42. The second kappa shape index (κ2) is 6.18. The Morgan fingerprint density at radius 1 is 1.47 bits per heavy atom. The van der Waals surface area contributed by atoms with Crippen LogP contribution in [-0.2, 0) is 4.79 Å². The molecule has 94 valence electrons. The van der Waals surface area contributed by atoms with Crippen LogP contribution in [0.3, 0.4) is 0 Å². The molecule has 0 aliphatic heterocycles. The molecule has 5 nitrogen and oxygen atoms in total. The Hall–Kier alpha value is -1.65. The molecule has 0 aliphatic carbocycles. The molecule has 0 aromatic carbocycles. The van der Waals surface area contributed by atoms with Gasteiger partial charge in [0, 0.05) is 12.7 Å². The number of nitrogens with zero attached hydrogens (tertiary/aromatic N) is 2. The average Bonchev–Trinajstić information content (AvgIpc) is 2.30. The van der Waals surface area contributed by atoms with Crippen molar-refractivity contribution < 1.29 is 4.79 Å². The van der Waals surface area contributed by atoms with Gasteiger partial charge in [-0.15, -0.1) is 0 Å². The number of rotatable bonds is 5. The van der Waals surface area contributed by atoms with Crippen molar-refractivity contribution >= 4 is 11.7 Å². The topological polar surface area (TPSA) is 66.9 Å². The van der Waals surface area contributed by atoms with Crippen LogP contribution in [0.4, 0.5) is 5.82 Å². The summed E-state index contributed by atoms with van der Waals surface area (Å²) in [7, 11) is 0. The maximum absolute atomic E-state index is 11.7. The van der Waals surface area contributed by atoms with Crippen LogP contribution in [0.1, 0.15) is 31.7 Å². The van der Waals surface area contributed by atoms with Gasteiger partial charge in [0.2, 0.25) is 5.91 Å². The molecule has 1 unspecified atom stereocenters. The Morgan fingerprint density at radius 3 is 2.82 bits per heavy atom. The van der Waals surface area contributed by atoms with Gasteiger partial charge < -0.3 is 10.6 Å². The van der Waals surface area contributed by atoms with E-state index in [1.54, 1.807) is 6.20 Å². The van der Waals surface area contributed by atoms with E-state index in [0.717, 1.165) is 17.8 Å². The fourth-order valence-electron chi connectivity index (χ4n) is 1.35. The van der Waals surface area contributed by atoms with Crippen molar-refractivity contribution in [2.45, 2.75) is 40.2 Å². The standard InChI is InChI=1S/C12H20N4O/c1-5-6-13-12(17)10(4)16-11-9(3)14-7-8(2)15-11/h7,10H,5-6H2,1-4H3,(H,13,17)(H,15,16). The van der Waals surface area contributed by atoms with Crippen LogP contribution in [0, 0.1) is 13.8 Å². The van der Waals surface area contributed by atoms with E-state index in [0.29, 0.717) is 12.4 Å². The normalized spacial score (nSPS) is 12.0. The summed E-state index contributed by atoms with van der Waals surface area (Å²) >= 11 is 0. The number of amides is 1. The number of hydrogen-bond donors (Lipinski definition) is 2. The highest BCUT2D eigenvalue weighted by molar-refractivity contribution is 5.83. The smallest absolute Gasteiger partial charge is 0.242 e. The number of carbonyl (C=O) groups is 1. The number of aromatic nitrogens is 2. The summed E-state index contributed by atoms with van der Waals surface area (Å²) in [6.45, 7) is 8.28. The first-order chi connectivity index (χ1) is 8.04. The second-order valence-corrected chi connectivity index (χ2v) is 4.10. The van der Waals surface area contributed by atoms with Crippen molar-refractivity contribution in [2.24, 2.45) is 0 Å². The highest BCUT2D eigenvalue weighted by Gasteiger charge is 2.13. The molecule has 1 aromatic heterocycles. The van der Waals surface area contributed by atoms with E-state index in [2.05, 4.69) is 20.6 Å². The Labute approximate surface area is 102 Å². The van der Waals surface area contributed by atoms with Crippen LogP contribution in [0.2, 0.25) is 0 Å². The number of carbonyl (C=O) groups excluding carboxylic acids is 1. The molecule has 1 aromatic rings. The molecule has 1 atom stereocenters. The predicted molar refractivity (Wildman–Crippen MR) is 67.9 cm³/mol. The third-order valence-electron chi connectivity index (χ3n) is 2.37. The molecule has 2 N–H and O–H groups in total. The quantitative estimate of drug-likeness (QED) is 0.811. The molecule has 1 rings (SSSR count). The SMILES string of the molecule is CCCNC(=O)C(C)Nc1nc(C)cnc1C. The molecule has 1 heterocycles. The lowest BCUT2D eigenvalue weighted by atomic mass is 10.3. The maximum Gasteiger partial charge on any atom is 0.242 e. The van der Waals surface area contributed by atoms with E-state index in [1.165, 1.54) is 0 Å². The minimum Gasteiger partial charge on any atom is -0.357 e. The molecule has 1 amide bonds. The fourth-order valence-corrected chi connectivity index (χ4v) is 1.35. The van der Waals surface area contributed by atoms with Gasteiger partial charge in [-0.1, -0.05) is 6.92 Å². The Kier molecular flexibility index (Phi) is 4.87. The van der Waals surface area contributed by atoms with Crippen LogP contribution in [0.5, 0.6) is 0 Å². The van der Waals surface area contributed by atoms with E-state index in [4.69, 9.17) is 0 Å². The minimum absolute atomic E-state index is 0.0189. The van der Waals surface area contributed by atoms with Gasteiger partial charge in [-0.05, 0) is 27.2 Å². The van der Waals surface area contributed by atoms with Crippen molar-refractivity contribution in [1.29, 1.82) is 0 Å². The first kappa shape index (κ1) is 13.4. The number of aryl methyl sites for hydroxylation is 2. The summed E-state index contributed by atoms with van der Waals surface area (Å²) in [6.07, 6.45) is 2.64. The largest absolute Gasteiger partial charge is 0.357 e. The lowest BCUT2D eigenvalue weighted by molar-refractivity contribution is -0.121. The van der Waals surface area contributed by atoms with Gasteiger partial charge in [-0.3, -0.25) is 9.78 Å². The summed E-state index contributed by atoms with van der Waals surface area (Å²) in [5.41, 5.74) is 1.63. The van der Waals surface area contributed by atoms with Crippen molar-refractivity contribution in [2.75, 3.05) is 11.9 Å². The molecule has 0 radical (unpaired) electrons. The minimum atomic E-state index is -0.309. The third-order valence-corrected chi connectivity index (χ3v) is 2.37. The zero-order valence-electron chi connectivity index (χ0n) is 10.9. The monoisotopic (exact) mass is 236 g/mol. The van der Waals surface area contributed by atoms with Gasteiger partial charge in [0.1, 0.15) is 11.9 Å². The van der Waals surface area contributed by atoms with Crippen molar-refractivity contribution in [3.63, 3.8) is 0 Å². The van der Waals surface area contributed by atoms with E-state index in [1.807, 2.05) is 27.7 Å². The lowest BCUT2D eigenvalue weighted by Crippen LogP contribution is -2.38. The molecule has 0 bridgehead atoms.